The number of carbonyl (C=O) groups is 1. The number of halogens is 1. The zero-order valence-electron chi connectivity index (χ0n) is 14.8. The van der Waals surface area contributed by atoms with E-state index in [4.69, 9.17) is 4.42 Å². The summed E-state index contributed by atoms with van der Waals surface area (Å²) in [7, 11) is 3.88. The molecule has 26 heavy (non-hydrogen) atoms. The third-order valence-corrected chi connectivity index (χ3v) is 4.22. The van der Waals surface area contributed by atoms with Gasteiger partial charge in [-0.25, -0.2) is 9.18 Å². The van der Waals surface area contributed by atoms with E-state index in [9.17, 15) is 9.18 Å². The van der Waals surface area contributed by atoms with Gasteiger partial charge in [0.25, 0.3) is 0 Å². The molecule has 6 heteroatoms. The molecule has 0 saturated carbocycles. The van der Waals surface area contributed by atoms with Crippen molar-refractivity contribution in [2.24, 2.45) is 0 Å². The first-order valence-electron chi connectivity index (χ1n) is 8.44. The second kappa shape index (κ2) is 8.01. The Morgan fingerprint density at radius 2 is 1.85 bits per heavy atom. The number of hydrogen-bond donors (Lipinski definition) is 2. The highest BCUT2D eigenvalue weighted by Crippen LogP contribution is 2.25. The number of hydrogen-bond acceptors (Lipinski definition) is 3. The van der Waals surface area contributed by atoms with Crippen LogP contribution in [0.4, 0.5) is 9.18 Å². The number of rotatable bonds is 6. The number of benzene rings is 2. The van der Waals surface area contributed by atoms with E-state index in [2.05, 4.69) is 10.6 Å². The summed E-state index contributed by atoms with van der Waals surface area (Å²) in [6.07, 6.45) is 0. The van der Waals surface area contributed by atoms with Crippen LogP contribution < -0.4 is 10.6 Å². The molecule has 5 nitrogen and oxygen atoms in total. The van der Waals surface area contributed by atoms with E-state index in [1.54, 1.807) is 12.1 Å². The van der Waals surface area contributed by atoms with Crippen molar-refractivity contribution in [3.05, 3.63) is 71.7 Å². The standard InChI is InChI=1S/C20H22FN3O2/c1-24(2)17(19-11-15-5-3-4-6-18(15)26-19)13-23-20(25)22-12-14-7-9-16(21)10-8-14/h3-11,17H,12-13H2,1-2H3,(H2,22,23,25)/t17-/m0/s1. The lowest BCUT2D eigenvalue weighted by Gasteiger charge is -2.22. The lowest BCUT2D eigenvalue weighted by Crippen LogP contribution is -2.40. The molecule has 0 aliphatic rings. The second-order valence-electron chi connectivity index (χ2n) is 6.36. The van der Waals surface area contributed by atoms with Crippen molar-refractivity contribution in [3.8, 4) is 0 Å². The van der Waals surface area contributed by atoms with Gasteiger partial charge in [-0.15, -0.1) is 0 Å². The van der Waals surface area contributed by atoms with Crippen molar-refractivity contribution >= 4 is 17.0 Å². The van der Waals surface area contributed by atoms with Crippen LogP contribution in [-0.2, 0) is 6.54 Å². The second-order valence-corrected chi connectivity index (χ2v) is 6.36. The zero-order chi connectivity index (χ0) is 18.5. The number of furan rings is 1. The van der Waals surface area contributed by atoms with E-state index in [-0.39, 0.29) is 17.9 Å². The Labute approximate surface area is 151 Å². The van der Waals surface area contributed by atoms with Crippen LogP contribution in [0.1, 0.15) is 17.4 Å². The summed E-state index contributed by atoms with van der Waals surface area (Å²) < 4.78 is 18.8. The van der Waals surface area contributed by atoms with Gasteiger partial charge in [0.05, 0.1) is 6.04 Å². The van der Waals surface area contributed by atoms with Gasteiger partial charge in [-0.1, -0.05) is 30.3 Å². The minimum atomic E-state index is -0.294. The predicted molar refractivity (Wildman–Crippen MR) is 99.3 cm³/mol. The molecule has 3 rings (SSSR count). The molecule has 2 N–H and O–H groups in total. The van der Waals surface area contributed by atoms with Crippen LogP contribution in [0.2, 0.25) is 0 Å². The molecule has 0 aliphatic carbocycles. The van der Waals surface area contributed by atoms with Crippen molar-refractivity contribution in [1.29, 1.82) is 0 Å². The SMILES string of the molecule is CN(C)[C@@H](CNC(=O)NCc1ccc(F)cc1)c1cc2ccccc2o1. The quantitative estimate of drug-likeness (QED) is 0.709. The number of amides is 2. The summed E-state index contributed by atoms with van der Waals surface area (Å²) in [5.41, 5.74) is 1.66. The van der Waals surface area contributed by atoms with Gasteiger partial charge in [-0.3, -0.25) is 4.90 Å². The molecular weight excluding hydrogens is 333 g/mol. The molecule has 0 aliphatic heterocycles. The van der Waals surface area contributed by atoms with Crippen molar-refractivity contribution in [3.63, 3.8) is 0 Å². The zero-order valence-corrected chi connectivity index (χ0v) is 14.8. The molecule has 0 saturated heterocycles. The summed E-state index contributed by atoms with van der Waals surface area (Å²) in [5.74, 6) is 0.507. The predicted octanol–water partition coefficient (Wildman–Crippen LogP) is 3.67. The Morgan fingerprint density at radius 1 is 1.12 bits per heavy atom. The van der Waals surface area contributed by atoms with E-state index < -0.39 is 0 Å². The van der Waals surface area contributed by atoms with Gasteiger partial charge >= 0.3 is 6.03 Å². The molecule has 1 aromatic heterocycles. The largest absolute Gasteiger partial charge is 0.459 e. The molecule has 0 spiro atoms. The summed E-state index contributed by atoms with van der Waals surface area (Å²) in [5, 5.41) is 6.67. The number of likely N-dealkylation sites (N-methyl/N-ethyl adjacent to an activating group) is 1. The average Bonchev–Trinajstić information content (AvgIpc) is 3.04. The van der Waals surface area contributed by atoms with E-state index in [1.165, 1.54) is 12.1 Å². The molecule has 0 bridgehead atoms. The topological polar surface area (TPSA) is 57.5 Å². The first-order chi connectivity index (χ1) is 12.5. The maximum atomic E-state index is 12.9. The van der Waals surface area contributed by atoms with Gasteiger partial charge in [0.15, 0.2) is 0 Å². The van der Waals surface area contributed by atoms with Gasteiger partial charge in [0.1, 0.15) is 17.2 Å². The number of nitrogens with one attached hydrogen (secondary N) is 2. The third kappa shape index (κ3) is 4.40. The van der Waals surface area contributed by atoms with Crippen LogP contribution in [0.3, 0.4) is 0 Å². The van der Waals surface area contributed by atoms with Crippen LogP contribution >= 0.6 is 0 Å². The Hall–Kier alpha value is -2.86. The van der Waals surface area contributed by atoms with Crippen molar-refractivity contribution in [1.82, 2.24) is 15.5 Å². The molecule has 2 aromatic carbocycles. The van der Waals surface area contributed by atoms with Crippen molar-refractivity contribution < 1.29 is 13.6 Å². The fraction of sp³-hybridized carbons (Fsp3) is 0.250. The number of carbonyl (C=O) groups excluding carboxylic acids is 1. The highest BCUT2D eigenvalue weighted by molar-refractivity contribution is 5.78. The van der Waals surface area contributed by atoms with Gasteiger partial charge in [-0.2, -0.15) is 0 Å². The van der Waals surface area contributed by atoms with Gasteiger partial charge in [0.2, 0.25) is 0 Å². The molecule has 0 unspecified atom stereocenters. The number of para-hydroxylation sites is 1. The van der Waals surface area contributed by atoms with E-state index >= 15 is 0 Å². The Morgan fingerprint density at radius 3 is 2.54 bits per heavy atom. The van der Waals surface area contributed by atoms with Crippen LogP contribution in [0, 0.1) is 5.82 Å². The summed E-state index contributed by atoms with van der Waals surface area (Å²) in [6, 6.07) is 15.5. The number of fused-ring (bicyclic) bond motifs is 1. The Kier molecular flexibility index (Phi) is 5.53. The van der Waals surface area contributed by atoms with Crippen LogP contribution in [0.25, 0.3) is 11.0 Å². The summed E-state index contributed by atoms with van der Waals surface area (Å²) in [6.45, 7) is 0.742. The van der Waals surface area contributed by atoms with Crippen LogP contribution in [-0.4, -0.2) is 31.6 Å². The molecule has 0 radical (unpaired) electrons. The maximum absolute atomic E-state index is 12.9. The molecule has 2 amide bonds. The normalized spacial score (nSPS) is 12.3. The van der Waals surface area contributed by atoms with Crippen LogP contribution in [0.5, 0.6) is 0 Å². The maximum Gasteiger partial charge on any atom is 0.315 e. The minimum absolute atomic E-state index is 0.0843. The van der Waals surface area contributed by atoms with Gasteiger partial charge in [0, 0.05) is 18.5 Å². The molecule has 1 atom stereocenters. The average molecular weight is 355 g/mol. The Bertz CT molecular complexity index is 841. The highest BCUT2D eigenvalue weighted by Gasteiger charge is 2.19. The first-order valence-corrected chi connectivity index (χ1v) is 8.44. The van der Waals surface area contributed by atoms with Gasteiger partial charge < -0.3 is 15.1 Å². The highest BCUT2D eigenvalue weighted by atomic mass is 19.1. The number of urea groups is 1. The smallest absolute Gasteiger partial charge is 0.315 e. The van der Waals surface area contributed by atoms with Crippen LogP contribution in [0.15, 0.2) is 59.0 Å². The lowest BCUT2D eigenvalue weighted by atomic mass is 10.2. The minimum Gasteiger partial charge on any atom is -0.459 e. The molecular formula is C20H22FN3O2. The van der Waals surface area contributed by atoms with E-state index in [1.807, 2.05) is 49.3 Å². The molecule has 0 fully saturated rings. The van der Waals surface area contributed by atoms with Crippen molar-refractivity contribution in [2.45, 2.75) is 12.6 Å². The monoisotopic (exact) mass is 355 g/mol. The first kappa shape index (κ1) is 17.9. The Balaban J connectivity index is 1.58. The summed E-state index contributed by atoms with van der Waals surface area (Å²) in [4.78, 5) is 14.1. The van der Waals surface area contributed by atoms with Crippen molar-refractivity contribution in [2.75, 3.05) is 20.6 Å². The lowest BCUT2D eigenvalue weighted by molar-refractivity contribution is 0.226. The van der Waals surface area contributed by atoms with Gasteiger partial charge in [-0.05, 0) is 43.9 Å². The molecule has 1 heterocycles. The third-order valence-electron chi connectivity index (χ3n) is 4.22. The molecule has 136 valence electrons. The number of nitrogens with zero attached hydrogens (tertiary/aromatic N) is 1. The fourth-order valence-electron chi connectivity index (χ4n) is 2.74. The van der Waals surface area contributed by atoms with E-state index in [0.717, 1.165) is 22.3 Å². The fourth-order valence-corrected chi connectivity index (χ4v) is 2.74. The van der Waals surface area contributed by atoms with E-state index in [0.29, 0.717) is 13.1 Å². The summed E-state index contributed by atoms with van der Waals surface area (Å²) >= 11 is 0. The molecule has 3 aromatic rings.